The van der Waals surface area contributed by atoms with Crippen molar-refractivity contribution in [3.63, 3.8) is 0 Å². The van der Waals surface area contributed by atoms with Crippen LogP contribution in [0.25, 0.3) is 10.1 Å². The summed E-state index contributed by atoms with van der Waals surface area (Å²) in [5, 5.41) is 14.7. The number of allylic oxidation sites excluding steroid dienone is 1. The molecule has 1 aliphatic rings. The lowest BCUT2D eigenvalue weighted by atomic mass is 10.1. The van der Waals surface area contributed by atoms with E-state index in [1.165, 1.54) is 23.0 Å². The van der Waals surface area contributed by atoms with E-state index in [2.05, 4.69) is 16.3 Å². The van der Waals surface area contributed by atoms with Gasteiger partial charge in [-0.05, 0) is 19.9 Å². The zero-order valence-corrected chi connectivity index (χ0v) is 13.8. The summed E-state index contributed by atoms with van der Waals surface area (Å²) in [5.74, 6) is -0.108. The van der Waals surface area contributed by atoms with Gasteiger partial charge in [-0.3, -0.25) is 14.9 Å². The molecule has 1 aromatic carbocycles. The van der Waals surface area contributed by atoms with E-state index in [1.807, 2.05) is 13.8 Å². The Balaban J connectivity index is 2.19. The highest BCUT2D eigenvalue weighted by atomic mass is 32.1. The molecule has 1 N–H and O–H groups in total. The van der Waals surface area contributed by atoms with Crippen LogP contribution in [-0.2, 0) is 0 Å². The van der Waals surface area contributed by atoms with E-state index in [0.29, 0.717) is 24.5 Å². The predicted octanol–water partition coefficient (Wildman–Crippen LogP) is 3.33. The van der Waals surface area contributed by atoms with Crippen LogP contribution in [-0.4, -0.2) is 30.5 Å². The number of nitro groups is 1. The van der Waals surface area contributed by atoms with Crippen molar-refractivity contribution in [1.82, 2.24) is 5.32 Å². The first kappa shape index (κ1) is 15.5. The number of carbonyl (C=O) groups is 1. The number of nitrogens with zero attached hydrogens (tertiary/aromatic N) is 2. The van der Waals surface area contributed by atoms with Crippen molar-refractivity contribution in [2.24, 2.45) is 0 Å². The van der Waals surface area contributed by atoms with E-state index >= 15 is 0 Å². The SMILES string of the molecule is CC(C)=CCN1CCNC(=O)c2sc3ccc([N+](=O)[O-])cc3c21. The van der Waals surface area contributed by atoms with Gasteiger partial charge in [0.2, 0.25) is 0 Å². The number of thiophene rings is 1. The van der Waals surface area contributed by atoms with Crippen LogP contribution in [0.15, 0.2) is 29.8 Å². The second-order valence-electron chi connectivity index (χ2n) is 5.70. The molecule has 0 saturated heterocycles. The molecule has 0 radical (unpaired) electrons. The smallest absolute Gasteiger partial charge is 0.270 e. The summed E-state index contributed by atoms with van der Waals surface area (Å²) in [6.45, 7) is 5.97. The third kappa shape index (κ3) is 2.92. The molecule has 1 aromatic heterocycles. The molecule has 0 aliphatic carbocycles. The Morgan fingerprint density at radius 3 is 2.96 bits per heavy atom. The number of non-ortho nitro benzene ring substituents is 1. The molecule has 1 aliphatic heterocycles. The van der Waals surface area contributed by atoms with Crippen LogP contribution in [0, 0.1) is 10.1 Å². The summed E-state index contributed by atoms with van der Waals surface area (Å²) in [6, 6.07) is 4.77. The van der Waals surface area contributed by atoms with Gasteiger partial charge < -0.3 is 10.2 Å². The van der Waals surface area contributed by atoms with E-state index in [0.717, 1.165) is 15.8 Å². The number of carbonyl (C=O) groups excluding carboxylic acids is 1. The van der Waals surface area contributed by atoms with Crippen molar-refractivity contribution >= 4 is 38.7 Å². The van der Waals surface area contributed by atoms with Crippen molar-refractivity contribution in [1.29, 1.82) is 0 Å². The fourth-order valence-electron chi connectivity index (χ4n) is 2.63. The Hall–Kier alpha value is -2.41. The van der Waals surface area contributed by atoms with Gasteiger partial charge in [-0.2, -0.15) is 0 Å². The maximum Gasteiger partial charge on any atom is 0.270 e. The van der Waals surface area contributed by atoms with Crippen LogP contribution in [0.2, 0.25) is 0 Å². The highest BCUT2D eigenvalue weighted by molar-refractivity contribution is 7.21. The number of hydrogen-bond acceptors (Lipinski definition) is 5. The Kier molecular flexibility index (Phi) is 4.04. The van der Waals surface area contributed by atoms with Gasteiger partial charge >= 0.3 is 0 Å². The number of hydrogen-bond donors (Lipinski definition) is 1. The van der Waals surface area contributed by atoms with Gasteiger partial charge in [-0.15, -0.1) is 11.3 Å². The molecule has 0 atom stereocenters. The van der Waals surface area contributed by atoms with Crippen molar-refractivity contribution in [3.8, 4) is 0 Å². The number of rotatable bonds is 3. The summed E-state index contributed by atoms with van der Waals surface area (Å²) in [7, 11) is 0. The van der Waals surface area contributed by atoms with Crippen LogP contribution >= 0.6 is 11.3 Å². The van der Waals surface area contributed by atoms with E-state index in [1.54, 1.807) is 12.1 Å². The Morgan fingerprint density at radius 1 is 1.48 bits per heavy atom. The van der Waals surface area contributed by atoms with Gasteiger partial charge in [-0.1, -0.05) is 11.6 Å². The fourth-order valence-corrected chi connectivity index (χ4v) is 3.75. The Bertz CT molecular complexity index is 821. The number of benzene rings is 1. The third-order valence-corrected chi connectivity index (χ3v) is 4.92. The van der Waals surface area contributed by atoms with Crippen molar-refractivity contribution in [2.45, 2.75) is 13.8 Å². The second kappa shape index (κ2) is 6.00. The molecule has 2 aromatic rings. The molecule has 1 amide bonds. The van der Waals surface area contributed by atoms with E-state index < -0.39 is 4.92 Å². The number of anilines is 1. The van der Waals surface area contributed by atoms with Crippen LogP contribution in [0.1, 0.15) is 23.5 Å². The van der Waals surface area contributed by atoms with Crippen LogP contribution in [0.5, 0.6) is 0 Å². The maximum absolute atomic E-state index is 12.3. The normalized spacial score (nSPS) is 14.2. The van der Waals surface area contributed by atoms with Crippen molar-refractivity contribution < 1.29 is 9.72 Å². The van der Waals surface area contributed by atoms with E-state index in [-0.39, 0.29) is 11.6 Å². The van der Waals surface area contributed by atoms with Crippen molar-refractivity contribution in [3.05, 3.63) is 44.8 Å². The summed E-state index contributed by atoms with van der Waals surface area (Å²) >= 11 is 1.38. The quantitative estimate of drug-likeness (QED) is 0.532. The highest BCUT2D eigenvalue weighted by Gasteiger charge is 2.26. The standard InChI is InChI=1S/C16H17N3O3S/c1-10(2)5-7-18-8-6-17-16(20)15-14(18)12-9-11(19(21)22)3-4-13(12)23-15/h3-5,9H,6-8H2,1-2H3,(H,17,20). The topological polar surface area (TPSA) is 75.5 Å². The number of nitro benzene ring substituents is 1. The molecule has 23 heavy (non-hydrogen) atoms. The molecule has 0 fully saturated rings. The van der Waals surface area contributed by atoms with Gasteiger partial charge in [0.05, 0.1) is 10.6 Å². The first-order valence-corrected chi connectivity index (χ1v) is 8.16. The van der Waals surface area contributed by atoms with Gasteiger partial charge in [0.15, 0.2) is 0 Å². The average molecular weight is 331 g/mol. The molecule has 120 valence electrons. The molecule has 3 rings (SSSR count). The molecular weight excluding hydrogens is 314 g/mol. The monoisotopic (exact) mass is 331 g/mol. The van der Waals surface area contributed by atoms with Gasteiger partial charge in [0, 0.05) is 41.9 Å². The lowest BCUT2D eigenvalue weighted by Gasteiger charge is -2.21. The zero-order valence-electron chi connectivity index (χ0n) is 13.0. The highest BCUT2D eigenvalue weighted by Crippen LogP contribution is 2.40. The minimum absolute atomic E-state index is 0.0462. The average Bonchev–Trinajstić information content (AvgIpc) is 2.81. The molecule has 6 nitrogen and oxygen atoms in total. The minimum Gasteiger partial charge on any atom is -0.364 e. The molecule has 2 heterocycles. The number of amides is 1. The number of fused-ring (bicyclic) bond motifs is 3. The van der Waals surface area contributed by atoms with E-state index in [9.17, 15) is 14.9 Å². The second-order valence-corrected chi connectivity index (χ2v) is 6.75. The van der Waals surface area contributed by atoms with E-state index in [4.69, 9.17) is 0 Å². The lowest BCUT2D eigenvalue weighted by molar-refractivity contribution is -0.384. The van der Waals surface area contributed by atoms with Gasteiger partial charge in [0.1, 0.15) is 4.88 Å². The van der Waals surface area contributed by atoms with Gasteiger partial charge in [-0.25, -0.2) is 0 Å². The van der Waals surface area contributed by atoms with Crippen molar-refractivity contribution in [2.75, 3.05) is 24.5 Å². The fraction of sp³-hybridized carbons (Fsp3) is 0.312. The first-order valence-electron chi connectivity index (χ1n) is 7.35. The predicted molar refractivity (Wildman–Crippen MR) is 92.5 cm³/mol. The Labute approximate surface area is 137 Å². The largest absolute Gasteiger partial charge is 0.364 e. The molecule has 0 spiro atoms. The molecule has 0 saturated carbocycles. The first-order chi connectivity index (χ1) is 11.0. The van der Waals surface area contributed by atoms with Gasteiger partial charge in [0.25, 0.3) is 11.6 Å². The zero-order chi connectivity index (χ0) is 16.6. The Morgan fingerprint density at radius 2 is 2.26 bits per heavy atom. The van der Waals surface area contributed by atoms with Crippen LogP contribution in [0.3, 0.4) is 0 Å². The third-order valence-electron chi connectivity index (χ3n) is 3.77. The van der Waals surface area contributed by atoms with Crippen LogP contribution in [0.4, 0.5) is 11.4 Å². The summed E-state index contributed by atoms with van der Waals surface area (Å²) in [4.78, 5) is 25.7. The summed E-state index contributed by atoms with van der Waals surface area (Å²) in [5.41, 5.74) is 2.05. The molecular formula is C16H17N3O3S. The van der Waals surface area contributed by atoms with Crippen LogP contribution < -0.4 is 10.2 Å². The number of nitrogens with one attached hydrogen (secondary N) is 1. The maximum atomic E-state index is 12.3. The lowest BCUT2D eigenvalue weighted by Crippen LogP contribution is -2.30. The molecule has 7 heteroatoms. The summed E-state index contributed by atoms with van der Waals surface area (Å²) < 4.78 is 0.889. The molecule has 0 unspecified atom stereocenters. The minimum atomic E-state index is -0.402. The summed E-state index contributed by atoms with van der Waals surface area (Å²) in [6.07, 6.45) is 2.10. The molecule has 0 bridgehead atoms.